The third-order valence-electron chi connectivity index (χ3n) is 4.53. The Morgan fingerprint density at radius 2 is 2.05 bits per heavy atom. The molecule has 1 aromatic rings. The fourth-order valence-electron chi connectivity index (χ4n) is 3.42. The Balaban J connectivity index is 2.33. The molecule has 3 heteroatoms. The normalized spacial score (nSPS) is 25.8. The molecule has 116 valence electrons. The molecule has 3 unspecified atom stereocenters. The second kappa shape index (κ2) is 6.97. The van der Waals surface area contributed by atoms with Gasteiger partial charge in [-0.15, -0.1) is 0 Å². The number of para-hydroxylation sites is 1. The van der Waals surface area contributed by atoms with Gasteiger partial charge >= 0.3 is 5.97 Å². The smallest absolute Gasteiger partial charge is 0.307 e. The van der Waals surface area contributed by atoms with Crippen LogP contribution in [0.1, 0.15) is 57.9 Å². The summed E-state index contributed by atoms with van der Waals surface area (Å²) in [4.78, 5) is 11.6. The van der Waals surface area contributed by atoms with E-state index in [1.54, 1.807) is 0 Å². The second-order valence-electron chi connectivity index (χ2n) is 6.34. The number of carbonyl (C=O) groups is 1. The number of ether oxygens (including phenoxy) is 1. The number of carboxylic acid groups (broad SMARTS) is 1. The first-order chi connectivity index (χ1) is 10.0. The molecule has 2 rings (SSSR count). The number of benzene rings is 1. The van der Waals surface area contributed by atoms with Gasteiger partial charge in [0.1, 0.15) is 5.75 Å². The standard InChI is InChI=1S/C18H26O3/c1-4-13-9-10-15(18(19)20)16(11-13)14-7-5-6-8-17(14)21-12(2)3/h5-8,12-13,15-16H,4,9-11H2,1-3H3,(H,19,20). The van der Waals surface area contributed by atoms with Gasteiger partial charge in [-0.2, -0.15) is 0 Å². The van der Waals surface area contributed by atoms with E-state index in [4.69, 9.17) is 4.74 Å². The highest BCUT2D eigenvalue weighted by Crippen LogP contribution is 2.44. The number of rotatable bonds is 5. The van der Waals surface area contributed by atoms with Crippen molar-refractivity contribution in [2.75, 3.05) is 0 Å². The zero-order valence-electron chi connectivity index (χ0n) is 13.2. The lowest BCUT2D eigenvalue weighted by molar-refractivity contribution is -0.143. The molecule has 1 saturated carbocycles. The third kappa shape index (κ3) is 3.78. The molecular formula is C18H26O3. The number of hydrogen-bond acceptors (Lipinski definition) is 2. The Kier molecular flexibility index (Phi) is 5.27. The Morgan fingerprint density at radius 3 is 2.67 bits per heavy atom. The molecule has 0 spiro atoms. The number of hydrogen-bond donors (Lipinski definition) is 1. The van der Waals surface area contributed by atoms with Crippen molar-refractivity contribution in [1.29, 1.82) is 0 Å². The Morgan fingerprint density at radius 1 is 1.33 bits per heavy atom. The van der Waals surface area contributed by atoms with Crippen LogP contribution in [0.3, 0.4) is 0 Å². The number of carboxylic acids is 1. The molecule has 3 nitrogen and oxygen atoms in total. The van der Waals surface area contributed by atoms with Crippen molar-refractivity contribution in [3.05, 3.63) is 29.8 Å². The molecule has 1 fully saturated rings. The second-order valence-corrected chi connectivity index (χ2v) is 6.34. The summed E-state index contributed by atoms with van der Waals surface area (Å²) in [6.45, 7) is 6.20. The molecule has 3 atom stereocenters. The predicted molar refractivity (Wildman–Crippen MR) is 83.7 cm³/mol. The van der Waals surface area contributed by atoms with Crippen LogP contribution >= 0.6 is 0 Å². The van der Waals surface area contributed by atoms with Crippen molar-refractivity contribution >= 4 is 5.97 Å². The van der Waals surface area contributed by atoms with Gasteiger partial charge in [-0.05, 0) is 50.7 Å². The maximum Gasteiger partial charge on any atom is 0.307 e. The Labute approximate surface area is 127 Å². The lowest BCUT2D eigenvalue weighted by Gasteiger charge is -2.34. The van der Waals surface area contributed by atoms with E-state index in [1.807, 2.05) is 38.1 Å². The molecule has 1 N–H and O–H groups in total. The van der Waals surface area contributed by atoms with Gasteiger partial charge < -0.3 is 9.84 Å². The minimum atomic E-state index is -0.672. The molecule has 0 aliphatic heterocycles. The third-order valence-corrected chi connectivity index (χ3v) is 4.53. The maximum absolute atomic E-state index is 11.6. The maximum atomic E-state index is 11.6. The van der Waals surface area contributed by atoms with Crippen LogP contribution in [0, 0.1) is 11.8 Å². The van der Waals surface area contributed by atoms with Crippen LogP contribution in [-0.2, 0) is 4.79 Å². The molecule has 1 aliphatic rings. The largest absolute Gasteiger partial charge is 0.491 e. The van der Waals surface area contributed by atoms with E-state index in [-0.39, 0.29) is 17.9 Å². The summed E-state index contributed by atoms with van der Waals surface area (Å²) >= 11 is 0. The van der Waals surface area contributed by atoms with E-state index < -0.39 is 5.97 Å². The fourth-order valence-corrected chi connectivity index (χ4v) is 3.42. The summed E-state index contributed by atoms with van der Waals surface area (Å²) in [5.41, 5.74) is 1.07. The summed E-state index contributed by atoms with van der Waals surface area (Å²) < 4.78 is 5.90. The van der Waals surface area contributed by atoms with Gasteiger partial charge in [0.25, 0.3) is 0 Å². The molecular weight excluding hydrogens is 264 g/mol. The van der Waals surface area contributed by atoms with Crippen molar-refractivity contribution in [2.45, 2.75) is 58.5 Å². The van der Waals surface area contributed by atoms with Gasteiger partial charge in [0.15, 0.2) is 0 Å². The van der Waals surface area contributed by atoms with Crippen LogP contribution in [0.2, 0.25) is 0 Å². The first-order valence-electron chi connectivity index (χ1n) is 8.01. The summed E-state index contributed by atoms with van der Waals surface area (Å²) in [7, 11) is 0. The topological polar surface area (TPSA) is 46.5 Å². The van der Waals surface area contributed by atoms with Gasteiger partial charge in [0.2, 0.25) is 0 Å². The Hall–Kier alpha value is -1.51. The van der Waals surface area contributed by atoms with Crippen molar-refractivity contribution in [3.63, 3.8) is 0 Å². The SMILES string of the molecule is CCC1CCC(C(=O)O)C(c2ccccc2OC(C)C)C1. The highest BCUT2D eigenvalue weighted by molar-refractivity contribution is 5.72. The van der Waals surface area contributed by atoms with E-state index in [2.05, 4.69) is 6.92 Å². The van der Waals surface area contributed by atoms with Gasteiger partial charge in [-0.3, -0.25) is 4.79 Å². The highest BCUT2D eigenvalue weighted by Gasteiger charge is 2.36. The average molecular weight is 290 g/mol. The molecule has 0 aromatic heterocycles. The van der Waals surface area contributed by atoms with Gasteiger partial charge in [-0.1, -0.05) is 31.5 Å². The minimum absolute atomic E-state index is 0.0659. The van der Waals surface area contributed by atoms with E-state index in [1.165, 1.54) is 0 Å². The van der Waals surface area contributed by atoms with Crippen LogP contribution in [0.15, 0.2) is 24.3 Å². The lowest BCUT2D eigenvalue weighted by Crippen LogP contribution is -2.29. The molecule has 0 radical (unpaired) electrons. The van der Waals surface area contributed by atoms with E-state index in [0.29, 0.717) is 5.92 Å². The van der Waals surface area contributed by atoms with Crippen molar-refractivity contribution < 1.29 is 14.6 Å². The van der Waals surface area contributed by atoms with Crippen molar-refractivity contribution in [1.82, 2.24) is 0 Å². The van der Waals surface area contributed by atoms with Crippen LogP contribution < -0.4 is 4.74 Å². The zero-order valence-corrected chi connectivity index (χ0v) is 13.2. The summed E-state index contributed by atoms with van der Waals surface area (Å²) in [5, 5.41) is 9.56. The first-order valence-corrected chi connectivity index (χ1v) is 8.01. The van der Waals surface area contributed by atoms with Gasteiger partial charge in [-0.25, -0.2) is 0 Å². The average Bonchev–Trinajstić information content (AvgIpc) is 2.46. The van der Waals surface area contributed by atoms with Gasteiger partial charge in [0, 0.05) is 5.92 Å². The monoisotopic (exact) mass is 290 g/mol. The molecule has 0 heterocycles. The fraction of sp³-hybridized carbons (Fsp3) is 0.611. The lowest BCUT2D eigenvalue weighted by atomic mass is 9.70. The molecule has 0 saturated heterocycles. The Bertz CT molecular complexity index is 481. The van der Waals surface area contributed by atoms with E-state index in [9.17, 15) is 9.90 Å². The summed E-state index contributed by atoms with van der Waals surface area (Å²) in [5.74, 6) is 0.577. The quantitative estimate of drug-likeness (QED) is 0.870. The number of aliphatic carboxylic acids is 1. The highest BCUT2D eigenvalue weighted by atomic mass is 16.5. The molecule has 0 amide bonds. The summed E-state index contributed by atoms with van der Waals surface area (Å²) in [6, 6.07) is 7.94. The van der Waals surface area contributed by atoms with Crippen LogP contribution in [-0.4, -0.2) is 17.2 Å². The zero-order chi connectivity index (χ0) is 15.4. The van der Waals surface area contributed by atoms with Crippen LogP contribution in [0.4, 0.5) is 0 Å². The summed E-state index contributed by atoms with van der Waals surface area (Å²) in [6.07, 6.45) is 3.97. The minimum Gasteiger partial charge on any atom is -0.491 e. The van der Waals surface area contributed by atoms with E-state index in [0.717, 1.165) is 37.0 Å². The van der Waals surface area contributed by atoms with E-state index >= 15 is 0 Å². The van der Waals surface area contributed by atoms with Crippen LogP contribution in [0.25, 0.3) is 0 Å². The van der Waals surface area contributed by atoms with Crippen molar-refractivity contribution in [2.24, 2.45) is 11.8 Å². The van der Waals surface area contributed by atoms with Crippen molar-refractivity contribution in [3.8, 4) is 5.75 Å². The van der Waals surface area contributed by atoms with Crippen LogP contribution in [0.5, 0.6) is 5.75 Å². The molecule has 1 aromatic carbocycles. The predicted octanol–water partition coefficient (Wildman–Crippen LogP) is 4.47. The first kappa shape index (κ1) is 15.9. The van der Waals surface area contributed by atoms with Gasteiger partial charge in [0.05, 0.1) is 12.0 Å². The molecule has 0 bridgehead atoms. The molecule has 1 aliphatic carbocycles. The molecule has 21 heavy (non-hydrogen) atoms.